The number of aromatic nitrogens is 3. The molecular formula is C22H16ClFN4O. The molecule has 1 aliphatic heterocycles. The van der Waals surface area contributed by atoms with Gasteiger partial charge in [-0.15, -0.1) is 0 Å². The number of benzene rings is 2. The summed E-state index contributed by atoms with van der Waals surface area (Å²) in [6, 6.07) is 13.8. The third-order valence-corrected chi connectivity index (χ3v) is 5.63. The third-order valence-electron chi connectivity index (χ3n) is 5.24. The molecule has 5 rings (SSSR count). The second-order valence-electron chi connectivity index (χ2n) is 6.99. The average molecular weight is 407 g/mol. The lowest BCUT2D eigenvalue weighted by Crippen LogP contribution is -2.29. The average Bonchev–Trinajstić information content (AvgIpc) is 3.30. The maximum atomic E-state index is 13.3. The molecule has 2 aromatic heterocycles. The highest BCUT2D eigenvalue weighted by molar-refractivity contribution is 6.39. The number of hydrogen-bond acceptors (Lipinski definition) is 3. The summed E-state index contributed by atoms with van der Waals surface area (Å²) in [7, 11) is 0. The second kappa shape index (κ2) is 6.67. The molecule has 0 bridgehead atoms. The van der Waals surface area contributed by atoms with Crippen LogP contribution in [0.4, 0.5) is 10.1 Å². The summed E-state index contributed by atoms with van der Waals surface area (Å²) in [6.07, 6.45) is 2.31. The first kappa shape index (κ1) is 17.8. The number of hydrogen-bond donors (Lipinski definition) is 0. The summed E-state index contributed by atoms with van der Waals surface area (Å²) >= 11 is 6.67. The lowest BCUT2D eigenvalue weighted by atomic mass is 10.1. The van der Waals surface area contributed by atoms with E-state index < -0.39 is 0 Å². The van der Waals surface area contributed by atoms with Crippen molar-refractivity contribution in [1.29, 1.82) is 0 Å². The van der Waals surface area contributed by atoms with Crippen molar-refractivity contribution in [3.8, 4) is 5.69 Å². The number of halogens is 2. The zero-order valence-electron chi connectivity index (χ0n) is 15.6. The maximum absolute atomic E-state index is 13.3. The van der Waals surface area contributed by atoms with E-state index in [2.05, 4.69) is 10.1 Å². The van der Waals surface area contributed by atoms with E-state index in [0.29, 0.717) is 39.5 Å². The molecule has 0 atom stereocenters. The summed E-state index contributed by atoms with van der Waals surface area (Å²) in [5.74, 6) is -0.505. The summed E-state index contributed by atoms with van der Waals surface area (Å²) in [5, 5.41) is 5.46. The number of pyridine rings is 1. The van der Waals surface area contributed by atoms with Crippen molar-refractivity contribution < 1.29 is 9.18 Å². The Morgan fingerprint density at radius 1 is 1.14 bits per heavy atom. The quantitative estimate of drug-likeness (QED) is 0.484. The van der Waals surface area contributed by atoms with Crippen molar-refractivity contribution in [2.24, 2.45) is 0 Å². The first-order valence-electron chi connectivity index (χ1n) is 9.24. The van der Waals surface area contributed by atoms with Gasteiger partial charge in [-0.3, -0.25) is 4.79 Å². The SMILES string of the molecule is Cc1nn(-c2ccc(F)cc2)c2ncc(C(=O)N3CCc4ccccc43)c(Cl)c12. The van der Waals surface area contributed by atoms with E-state index in [1.165, 1.54) is 18.3 Å². The number of carbonyl (C=O) groups excluding carboxylic acids is 1. The minimum Gasteiger partial charge on any atom is -0.308 e. The van der Waals surface area contributed by atoms with Crippen molar-refractivity contribution >= 4 is 34.2 Å². The third kappa shape index (κ3) is 2.79. The maximum Gasteiger partial charge on any atom is 0.261 e. The molecule has 0 aliphatic carbocycles. The van der Waals surface area contributed by atoms with Gasteiger partial charge in [0.1, 0.15) is 5.82 Å². The van der Waals surface area contributed by atoms with Crippen molar-refractivity contribution in [1.82, 2.24) is 14.8 Å². The van der Waals surface area contributed by atoms with Crippen LogP contribution in [0.3, 0.4) is 0 Å². The van der Waals surface area contributed by atoms with Gasteiger partial charge in [0.05, 0.1) is 27.4 Å². The van der Waals surface area contributed by atoms with Crippen LogP contribution in [0.2, 0.25) is 5.02 Å². The van der Waals surface area contributed by atoms with Crippen LogP contribution in [0.5, 0.6) is 0 Å². The highest BCUT2D eigenvalue weighted by Crippen LogP contribution is 2.34. The van der Waals surface area contributed by atoms with Gasteiger partial charge in [0.25, 0.3) is 5.91 Å². The minimum atomic E-state index is -0.327. The van der Waals surface area contributed by atoms with Gasteiger partial charge >= 0.3 is 0 Å². The fraction of sp³-hybridized carbons (Fsp3) is 0.136. The van der Waals surface area contributed by atoms with E-state index in [1.807, 2.05) is 31.2 Å². The summed E-state index contributed by atoms with van der Waals surface area (Å²) < 4.78 is 14.9. The number of amides is 1. The van der Waals surface area contributed by atoms with Gasteiger partial charge in [-0.05, 0) is 49.2 Å². The molecule has 0 N–H and O–H groups in total. The zero-order chi connectivity index (χ0) is 20.1. The molecular weight excluding hydrogens is 391 g/mol. The number of para-hydroxylation sites is 1. The zero-order valence-corrected chi connectivity index (χ0v) is 16.3. The summed E-state index contributed by atoms with van der Waals surface area (Å²) in [6.45, 7) is 2.43. The van der Waals surface area contributed by atoms with Gasteiger partial charge in [-0.2, -0.15) is 5.10 Å². The smallest absolute Gasteiger partial charge is 0.261 e. The number of carbonyl (C=O) groups is 1. The largest absolute Gasteiger partial charge is 0.308 e. The van der Waals surface area contributed by atoms with Crippen LogP contribution in [0.15, 0.2) is 54.7 Å². The monoisotopic (exact) mass is 406 g/mol. The standard InChI is InChI=1S/C22H16ClFN4O/c1-13-19-20(23)17(22(29)27-11-10-14-4-2-3-5-18(14)27)12-25-21(19)28(26-13)16-8-6-15(24)7-9-16/h2-9,12H,10-11H2,1H3. The Morgan fingerprint density at radius 2 is 1.90 bits per heavy atom. The summed E-state index contributed by atoms with van der Waals surface area (Å²) in [4.78, 5) is 19.5. The molecule has 4 aromatic rings. The van der Waals surface area contributed by atoms with Crippen LogP contribution in [0.1, 0.15) is 21.6 Å². The summed E-state index contributed by atoms with van der Waals surface area (Å²) in [5.41, 5.74) is 4.24. The minimum absolute atomic E-state index is 0.178. The number of fused-ring (bicyclic) bond motifs is 2. The van der Waals surface area contributed by atoms with Crippen molar-refractivity contribution in [2.75, 3.05) is 11.4 Å². The Kier molecular flexibility index (Phi) is 4.10. The van der Waals surface area contributed by atoms with Crippen molar-refractivity contribution in [3.05, 3.63) is 82.4 Å². The van der Waals surface area contributed by atoms with Gasteiger partial charge in [0.2, 0.25) is 0 Å². The van der Waals surface area contributed by atoms with E-state index >= 15 is 0 Å². The van der Waals surface area contributed by atoms with Gasteiger partial charge in [0.15, 0.2) is 5.65 Å². The first-order valence-corrected chi connectivity index (χ1v) is 9.62. The second-order valence-corrected chi connectivity index (χ2v) is 7.37. The molecule has 0 fully saturated rings. The van der Waals surface area contributed by atoms with Gasteiger partial charge in [0, 0.05) is 18.4 Å². The fourth-order valence-electron chi connectivity index (χ4n) is 3.81. The van der Waals surface area contributed by atoms with Gasteiger partial charge < -0.3 is 4.90 Å². The molecule has 7 heteroatoms. The van der Waals surface area contributed by atoms with Crippen LogP contribution < -0.4 is 4.90 Å². The molecule has 0 unspecified atom stereocenters. The van der Waals surface area contributed by atoms with Crippen LogP contribution in [-0.2, 0) is 6.42 Å². The molecule has 2 aromatic carbocycles. The number of rotatable bonds is 2. The van der Waals surface area contributed by atoms with E-state index in [4.69, 9.17) is 11.6 Å². The van der Waals surface area contributed by atoms with Crippen LogP contribution in [0, 0.1) is 12.7 Å². The molecule has 3 heterocycles. The van der Waals surface area contributed by atoms with Crippen LogP contribution in [-0.4, -0.2) is 27.2 Å². The highest BCUT2D eigenvalue weighted by atomic mass is 35.5. The normalized spacial score (nSPS) is 13.1. The molecule has 1 aliphatic rings. The number of aryl methyl sites for hydroxylation is 1. The van der Waals surface area contributed by atoms with Crippen molar-refractivity contribution in [2.45, 2.75) is 13.3 Å². The molecule has 1 amide bonds. The van der Waals surface area contributed by atoms with E-state index in [0.717, 1.165) is 17.7 Å². The lowest BCUT2D eigenvalue weighted by Gasteiger charge is -2.18. The molecule has 29 heavy (non-hydrogen) atoms. The Morgan fingerprint density at radius 3 is 2.69 bits per heavy atom. The topological polar surface area (TPSA) is 51.0 Å². The molecule has 0 radical (unpaired) electrons. The fourth-order valence-corrected chi connectivity index (χ4v) is 4.17. The van der Waals surface area contributed by atoms with Crippen LogP contribution in [0.25, 0.3) is 16.7 Å². The van der Waals surface area contributed by atoms with Crippen molar-refractivity contribution in [3.63, 3.8) is 0 Å². The number of nitrogens with zero attached hydrogens (tertiary/aromatic N) is 4. The molecule has 0 spiro atoms. The number of anilines is 1. The molecule has 0 saturated heterocycles. The molecule has 144 valence electrons. The first-order chi connectivity index (χ1) is 14.0. The Bertz CT molecular complexity index is 1270. The van der Waals surface area contributed by atoms with E-state index in [-0.39, 0.29) is 11.7 Å². The lowest BCUT2D eigenvalue weighted by molar-refractivity contribution is 0.0989. The van der Waals surface area contributed by atoms with E-state index in [9.17, 15) is 9.18 Å². The Labute approximate surface area is 171 Å². The predicted molar refractivity (Wildman–Crippen MR) is 110 cm³/mol. The molecule has 0 saturated carbocycles. The van der Waals surface area contributed by atoms with Gasteiger partial charge in [-0.1, -0.05) is 29.8 Å². The van der Waals surface area contributed by atoms with E-state index in [1.54, 1.807) is 21.7 Å². The highest BCUT2D eigenvalue weighted by Gasteiger charge is 2.28. The van der Waals surface area contributed by atoms with Crippen LogP contribution >= 0.6 is 11.6 Å². The van der Waals surface area contributed by atoms with Gasteiger partial charge in [-0.25, -0.2) is 14.1 Å². The predicted octanol–water partition coefficient (Wildman–Crippen LogP) is 4.72. The Hall–Kier alpha value is -3.25. The molecule has 5 nitrogen and oxygen atoms in total. The Balaban J connectivity index is 1.60.